The average molecular weight is 520 g/mol. The maximum absolute atomic E-state index is 12.6. The van der Waals surface area contributed by atoms with Gasteiger partial charge in [0.1, 0.15) is 0 Å². The molecule has 5 aliphatic carbocycles. The summed E-state index contributed by atoms with van der Waals surface area (Å²) in [4.78, 5) is 12.6. The summed E-state index contributed by atoms with van der Waals surface area (Å²) in [7, 11) is 0. The normalized spacial score (nSPS) is 38.3. The van der Waals surface area contributed by atoms with Crippen LogP contribution in [0.2, 0.25) is 0 Å². The predicted octanol–water partition coefficient (Wildman–Crippen LogP) is 6.27. The lowest BCUT2D eigenvalue weighted by molar-refractivity contribution is -0.128. The molecular weight excluding hydrogens is 482 g/mol. The number of benzene rings is 2. The molecule has 0 heterocycles. The number of hydrogen-bond acceptors (Lipinski definition) is 4. The van der Waals surface area contributed by atoms with Gasteiger partial charge in [0.25, 0.3) is 0 Å². The largest absolute Gasteiger partial charge is 0.392 e. The molecule has 39 heavy (non-hydrogen) atoms. The fraction of sp³-hybridized carbons (Fsp3) is 0.486. The molecule has 2 N–H and O–H groups in total. The average Bonchev–Trinajstić information content (AvgIpc) is 3.22. The van der Waals surface area contributed by atoms with E-state index < -0.39 is 5.60 Å². The molecule has 2 aromatic rings. The highest BCUT2D eigenvalue weighted by Gasteiger charge is 2.67. The van der Waals surface area contributed by atoms with E-state index in [1.807, 2.05) is 36.4 Å². The lowest BCUT2D eigenvalue weighted by atomic mass is 9.39. The molecule has 7 atom stereocenters. The molecule has 4 nitrogen and oxygen atoms in total. The number of fused-ring (bicyclic) bond motifs is 4. The van der Waals surface area contributed by atoms with Gasteiger partial charge in [0.2, 0.25) is 0 Å². The van der Waals surface area contributed by atoms with Crippen LogP contribution < -0.4 is 0 Å². The molecule has 0 aromatic heterocycles. The van der Waals surface area contributed by atoms with Gasteiger partial charge in [-0.3, -0.25) is 4.79 Å². The Balaban J connectivity index is 1.38. The zero-order chi connectivity index (χ0) is 27.0. The summed E-state index contributed by atoms with van der Waals surface area (Å²) in [5, 5.41) is 30.8. The second-order valence-electron chi connectivity index (χ2n) is 13.2. The topological polar surface area (TPSA) is 81.3 Å². The smallest absolute Gasteiger partial charge is 0.155 e. The number of nitrogens with zero attached hydrogens (tertiary/aromatic N) is 1. The van der Waals surface area contributed by atoms with Gasteiger partial charge < -0.3 is 10.2 Å². The third-order valence-corrected chi connectivity index (χ3v) is 11.8. The van der Waals surface area contributed by atoms with Crippen molar-refractivity contribution in [2.24, 2.45) is 28.6 Å². The van der Waals surface area contributed by atoms with Crippen molar-refractivity contribution in [3.63, 3.8) is 0 Å². The minimum Gasteiger partial charge on any atom is -0.392 e. The number of carbonyl (C=O) groups excluding carboxylic acids is 1. The highest BCUT2D eigenvalue weighted by molar-refractivity contribution is 5.91. The van der Waals surface area contributed by atoms with Crippen molar-refractivity contribution in [1.29, 1.82) is 5.26 Å². The zero-order valence-electron chi connectivity index (χ0n) is 22.7. The number of carbonyl (C=O) groups is 1. The summed E-state index contributed by atoms with van der Waals surface area (Å²) >= 11 is 0. The van der Waals surface area contributed by atoms with Gasteiger partial charge in [-0.25, -0.2) is 0 Å². The molecule has 0 aliphatic heterocycles. The van der Waals surface area contributed by atoms with E-state index in [-0.39, 0.29) is 23.2 Å². The first-order valence-corrected chi connectivity index (χ1v) is 14.7. The van der Waals surface area contributed by atoms with Crippen LogP contribution in [-0.2, 0) is 11.2 Å². The van der Waals surface area contributed by atoms with E-state index >= 15 is 0 Å². The molecule has 3 saturated carbocycles. The molecule has 2 aromatic carbocycles. The highest BCUT2D eigenvalue weighted by Crippen LogP contribution is 2.73. The number of ketones is 1. The number of nitriles is 1. The number of rotatable bonds is 3. The maximum atomic E-state index is 12.6. The fourth-order valence-corrected chi connectivity index (χ4v) is 10.1. The van der Waals surface area contributed by atoms with Crippen molar-refractivity contribution < 1.29 is 15.0 Å². The van der Waals surface area contributed by atoms with Crippen LogP contribution >= 0.6 is 0 Å². The molecule has 0 saturated heterocycles. The highest BCUT2D eigenvalue weighted by atomic mass is 16.3. The van der Waals surface area contributed by atoms with Gasteiger partial charge >= 0.3 is 0 Å². The molecule has 200 valence electrons. The third kappa shape index (κ3) is 3.46. The first kappa shape index (κ1) is 25.0. The summed E-state index contributed by atoms with van der Waals surface area (Å²) in [5.74, 6) is 2.09. The summed E-state index contributed by atoms with van der Waals surface area (Å²) in [6.07, 6.45) is 13.0. The van der Waals surface area contributed by atoms with Crippen molar-refractivity contribution in [3.8, 4) is 17.2 Å². The van der Waals surface area contributed by atoms with Gasteiger partial charge in [-0.05, 0) is 114 Å². The number of hydrogen-bond donors (Lipinski definition) is 2. The van der Waals surface area contributed by atoms with Crippen LogP contribution in [0.5, 0.6) is 0 Å². The quantitative estimate of drug-likeness (QED) is 0.469. The number of aliphatic hydroxyl groups is 2. The molecular formula is C35H37NO3. The lowest BCUT2D eigenvalue weighted by Crippen LogP contribution is -2.59. The van der Waals surface area contributed by atoms with Gasteiger partial charge in [-0.1, -0.05) is 55.0 Å². The van der Waals surface area contributed by atoms with Gasteiger partial charge in [0.15, 0.2) is 5.78 Å². The van der Waals surface area contributed by atoms with Crippen molar-refractivity contribution in [2.45, 2.75) is 69.8 Å². The molecule has 0 amide bonds. The Hall–Kier alpha value is -3.00. The van der Waals surface area contributed by atoms with Gasteiger partial charge in [0, 0.05) is 11.8 Å². The monoisotopic (exact) mass is 519 g/mol. The minimum atomic E-state index is -0.906. The summed E-state index contributed by atoms with van der Waals surface area (Å²) < 4.78 is 0. The van der Waals surface area contributed by atoms with Gasteiger partial charge in [-0.2, -0.15) is 5.26 Å². The van der Waals surface area contributed by atoms with Gasteiger partial charge in [0.05, 0.1) is 23.8 Å². The first-order valence-electron chi connectivity index (χ1n) is 14.7. The van der Waals surface area contributed by atoms with Crippen LogP contribution in [0, 0.1) is 39.9 Å². The lowest BCUT2D eigenvalue weighted by Gasteiger charge is -2.65. The van der Waals surface area contributed by atoms with Crippen molar-refractivity contribution in [3.05, 3.63) is 83.0 Å². The van der Waals surface area contributed by atoms with Crippen LogP contribution in [0.4, 0.5) is 0 Å². The Morgan fingerprint density at radius 2 is 1.87 bits per heavy atom. The zero-order valence-corrected chi connectivity index (χ0v) is 22.7. The first-order chi connectivity index (χ1) is 18.8. The Morgan fingerprint density at radius 1 is 1.08 bits per heavy atom. The van der Waals surface area contributed by atoms with Crippen LogP contribution in [-0.4, -0.2) is 28.2 Å². The second-order valence-corrected chi connectivity index (χ2v) is 13.2. The van der Waals surface area contributed by atoms with Crippen LogP contribution in [0.1, 0.15) is 74.5 Å². The molecule has 0 radical (unpaired) electrons. The summed E-state index contributed by atoms with van der Waals surface area (Å²) in [5.41, 5.74) is 6.01. The van der Waals surface area contributed by atoms with E-state index in [2.05, 4.69) is 31.2 Å². The van der Waals surface area contributed by atoms with E-state index in [1.54, 1.807) is 6.08 Å². The predicted molar refractivity (Wildman–Crippen MR) is 151 cm³/mol. The minimum absolute atomic E-state index is 0.0285. The summed E-state index contributed by atoms with van der Waals surface area (Å²) in [6.45, 7) is 2.26. The van der Waals surface area contributed by atoms with Gasteiger partial charge in [-0.15, -0.1) is 0 Å². The third-order valence-electron chi connectivity index (χ3n) is 11.8. The van der Waals surface area contributed by atoms with E-state index in [0.717, 1.165) is 50.5 Å². The Kier molecular flexibility index (Phi) is 5.61. The van der Waals surface area contributed by atoms with E-state index in [1.165, 1.54) is 22.3 Å². The van der Waals surface area contributed by atoms with Crippen LogP contribution in [0.15, 0.2) is 66.3 Å². The van der Waals surface area contributed by atoms with Crippen molar-refractivity contribution in [1.82, 2.24) is 0 Å². The molecule has 7 rings (SSSR count). The molecule has 3 fully saturated rings. The molecule has 1 spiro atoms. The summed E-state index contributed by atoms with van der Waals surface area (Å²) in [6, 6.07) is 17.0. The number of allylic oxidation sites excluding steroid dienone is 1. The molecule has 5 aliphatic rings. The van der Waals surface area contributed by atoms with Crippen LogP contribution in [0.3, 0.4) is 0 Å². The Bertz CT molecular complexity index is 1450. The Labute approximate surface area is 231 Å². The maximum Gasteiger partial charge on any atom is 0.155 e. The Morgan fingerprint density at radius 3 is 2.64 bits per heavy atom. The van der Waals surface area contributed by atoms with Crippen LogP contribution in [0.25, 0.3) is 11.1 Å². The van der Waals surface area contributed by atoms with Crippen molar-refractivity contribution >= 4 is 5.78 Å². The van der Waals surface area contributed by atoms with E-state index in [4.69, 9.17) is 0 Å². The number of aliphatic hydroxyl groups excluding tert-OH is 1. The molecule has 4 heteroatoms. The van der Waals surface area contributed by atoms with E-state index in [9.17, 15) is 20.3 Å². The SMILES string of the molecule is C[C@]12C[C@@H]3c4ccc(-c5ccc(C#N)cc5)cc4C[C@]45CCC(=O)C=C4CC[C@H]([C@H]35)[C@@H]1CC[C@@]2(O)/C=C/CO. The second kappa shape index (κ2) is 8.75. The van der Waals surface area contributed by atoms with Crippen molar-refractivity contribution in [2.75, 3.05) is 6.61 Å². The standard InChI is InChI=1S/C35H37NO3/c1-33-20-30-28-9-7-24(23-5-3-22(21-36)4-6-23)17-25(28)19-34-14-11-27(38)18-26(34)8-10-29(32(30)34)31(33)12-15-35(33,39)13-2-16-37/h2-7,9,13,17-18,29-32,37,39H,8,10-12,14-16,19-20H2,1H3/b13-2+/t29-,30+,31-,32+,33-,34+,35-/m0/s1. The fourth-order valence-electron chi connectivity index (χ4n) is 10.1. The molecule has 0 bridgehead atoms. The van der Waals surface area contributed by atoms with E-state index in [0.29, 0.717) is 35.7 Å². The molecule has 0 unspecified atom stereocenters.